The average molecular weight is 878 g/mol. The molecular weight excluding hydrogens is 826 g/mol. The molecule has 1 saturated carbocycles. The van der Waals surface area contributed by atoms with Crippen molar-refractivity contribution in [2.75, 3.05) is 59.4 Å². The zero-order valence-corrected chi connectivity index (χ0v) is 36.7. The number of rotatable bonds is 10. The van der Waals surface area contributed by atoms with E-state index >= 15 is 4.39 Å². The molecule has 17 heteroatoms. The lowest BCUT2D eigenvalue weighted by Gasteiger charge is -2.52. The number of aromatic nitrogens is 2. The second-order valence-electron chi connectivity index (χ2n) is 18.1. The van der Waals surface area contributed by atoms with Gasteiger partial charge in [-0.2, -0.15) is 0 Å². The molecule has 1 atom stereocenters. The van der Waals surface area contributed by atoms with Crippen molar-refractivity contribution in [3.8, 4) is 28.4 Å². The predicted octanol–water partition coefficient (Wildman–Crippen LogP) is 4.29. The van der Waals surface area contributed by atoms with E-state index in [0.29, 0.717) is 49.4 Å². The van der Waals surface area contributed by atoms with Crippen molar-refractivity contribution in [1.82, 2.24) is 29.6 Å². The summed E-state index contributed by atoms with van der Waals surface area (Å²) in [5, 5.41) is 3.46. The van der Waals surface area contributed by atoms with Gasteiger partial charge in [-0.25, -0.2) is 9.37 Å². The Bertz CT molecular complexity index is 2630. The monoisotopic (exact) mass is 877 g/mol. The molecule has 64 heavy (non-hydrogen) atoms. The largest absolute Gasteiger partial charge is 0.496 e. The van der Waals surface area contributed by atoms with Crippen LogP contribution in [0.1, 0.15) is 77.6 Å². The first-order valence-corrected chi connectivity index (χ1v) is 21.8. The number of methoxy groups -OCH3 is 2. The van der Waals surface area contributed by atoms with Crippen LogP contribution in [0.25, 0.3) is 21.9 Å². The third-order valence-corrected chi connectivity index (χ3v) is 14.0. The van der Waals surface area contributed by atoms with E-state index in [0.717, 1.165) is 77.6 Å². The number of hydrogen-bond donors (Lipinski definition) is 1. The molecule has 1 unspecified atom stereocenters. The number of likely N-dealkylation sites (tertiary alicyclic amines) is 2. The van der Waals surface area contributed by atoms with Crippen LogP contribution in [0.3, 0.4) is 0 Å². The highest BCUT2D eigenvalue weighted by molar-refractivity contribution is 6.23. The minimum Gasteiger partial charge on any atom is -0.496 e. The van der Waals surface area contributed by atoms with Crippen LogP contribution >= 0.6 is 0 Å². The van der Waals surface area contributed by atoms with Crippen molar-refractivity contribution in [2.45, 2.75) is 70.1 Å². The Morgan fingerprint density at radius 1 is 0.859 bits per heavy atom. The second-order valence-corrected chi connectivity index (χ2v) is 18.1. The van der Waals surface area contributed by atoms with Crippen molar-refractivity contribution in [1.29, 1.82) is 0 Å². The van der Waals surface area contributed by atoms with Crippen molar-refractivity contribution in [2.24, 2.45) is 18.4 Å². The fourth-order valence-electron chi connectivity index (χ4n) is 10.3. The summed E-state index contributed by atoms with van der Waals surface area (Å²) >= 11 is 0. The van der Waals surface area contributed by atoms with Crippen molar-refractivity contribution < 1.29 is 42.6 Å². The molecule has 4 aromatic rings. The number of nitrogens with zero attached hydrogens (tertiary/aromatic N) is 6. The highest BCUT2D eigenvalue weighted by Crippen LogP contribution is 2.51. The summed E-state index contributed by atoms with van der Waals surface area (Å²) in [5.74, 6) is -1.39. The highest BCUT2D eigenvalue weighted by Gasteiger charge is 2.49. The van der Waals surface area contributed by atoms with E-state index in [9.17, 15) is 28.8 Å². The number of hydrogen-bond acceptors (Lipinski definition) is 12. The summed E-state index contributed by atoms with van der Waals surface area (Å²) in [6.45, 7) is 3.34. The van der Waals surface area contributed by atoms with Gasteiger partial charge in [-0.05, 0) is 99.3 Å². The van der Waals surface area contributed by atoms with Crippen LogP contribution < -0.4 is 30.0 Å². The lowest BCUT2D eigenvalue weighted by molar-refractivity contribution is -0.142. The summed E-state index contributed by atoms with van der Waals surface area (Å²) < 4.78 is 34.8. The number of imide groups is 2. The molecule has 1 N–H and O–H groups in total. The Morgan fingerprint density at radius 3 is 2.14 bits per heavy atom. The molecule has 3 saturated heterocycles. The van der Waals surface area contributed by atoms with E-state index in [1.165, 1.54) is 6.07 Å². The Kier molecular flexibility index (Phi) is 11.2. The van der Waals surface area contributed by atoms with Gasteiger partial charge in [0.15, 0.2) is 11.6 Å². The molecule has 2 aromatic heterocycles. The number of carbonyl (C=O) groups is 5. The molecule has 9 rings (SSSR count). The fourth-order valence-corrected chi connectivity index (χ4v) is 10.3. The number of piperidine rings is 3. The number of benzene rings is 2. The third-order valence-electron chi connectivity index (χ3n) is 14.0. The molecule has 0 radical (unpaired) electrons. The number of carbonyl (C=O) groups excluding carboxylic acids is 5. The lowest BCUT2D eigenvalue weighted by Crippen LogP contribution is -2.54. The van der Waals surface area contributed by atoms with Crippen LogP contribution in [0.15, 0.2) is 47.5 Å². The molecule has 1 aliphatic carbocycles. The first-order valence-electron chi connectivity index (χ1n) is 21.8. The van der Waals surface area contributed by atoms with Gasteiger partial charge in [0.05, 0.1) is 42.4 Å². The Balaban J connectivity index is 0.785. The normalized spacial score (nSPS) is 20.4. The average Bonchev–Trinajstić information content (AvgIpc) is 3.51. The van der Waals surface area contributed by atoms with Crippen molar-refractivity contribution in [3.63, 3.8) is 0 Å². The minimum absolute atomic E-state index is 0.00900. The Labute approximate surface area is 369 Å². The Morgan fingerprint density at radius 2 is 1.52 bits per heavy atom. The van der Waals surface area contributed by atoms with Gasteiger partial charge in [0, 0.05) is 76.5 Å². The maximum Gasteiger partial charge on any atom is 0.262 e. The van der Waals surface area contributed by atoms with E-state index in [1.54, 1.807) is 32.0 Å². The number of fused-ring (bicyclic) bond motifs is 2. The molecule has 4 fully saturated rings. The first kappa shape index (κ1) is 42.9. The number of anilines is 1. The predicted molar refractivity (Wildman–Crippen MR) is 233 cm³/mol. The Hall–Kier alpha value is -6.36. The summed E-state index contributed by atoms with van der Waals surface area (Å²) in [6, 6.07) is 6.99. The van der Waals surface area contributed by atoms with Crippen LogP contribution in [0, 0.1) is 17.2 Å². The van der Waals surface area contributed by atoms with E-state index in [-0.39, 0.29) is 58.6 Å². The zero-order valence-electron chi connectivity index (χ0n) is 36.7. The molecule has 336 valence electrons. The van der Waals surface area contributed by atoms with Gasteiger partial charge < -0.3 is 28.6 Å². The molecule has 1 spiro atoms. The molecule has 2 aromatic carbocycles. The molecule has 4 aliphatic heterocycles. The minimum atomic E-state index is -1.14. The van der Waals surface area contributed by atoms with Gasteiger partial charge in [0.1, 0.15) is 23.4 Å². The third kappa shape index (κ3) is 7.62. The molecular formula is C47H52FN7O9. The van der Waals surface area contributed by atoms with Gasteiger partial charge in [0.2, 0.25) is 17.7 Å². The van der Waals surface area contributed by atoms with Gasteiger partial charge in [-0.1, -0.05) is 0 Å². The summed E-state index contributed by atoms with van der Waals surface area (Å²) in [5.41, 5.74) is 2.29. The standard InChI is InChI=1S/C47H52FN7O9/c1-51(2)40-20-29-32(23-49-40)44(59)52(3)24-33(29)27-16-37(62-4)34(38(17-27)63-5)25-53-12-8-26(9-13-53)43(58)54-14-10-47(11-15-54)21-28(22-47)64-39-19-31-30(18-35(39)48)45(60)55(46(31)61)36-6-7-41(56)50-42(36)57/h16-20,23-24,26,28,36H,6-15,21-22,25H2,1-5H3,(H,50,56,57). The maximum atomic E-state index is 15.3. The molecule has 5 aliphatic rings. The van der Waals surface area contributed by atoms with Gasteiger partial charge in [0.25, 0.3) is 17.4 Å². The van der Waals surface area contributed by atoms with Gasteiger partial charge in [-0.15, -0.1) is 0 Å². The van der Waals surface area contributed by atoms with Crippen LogP contribution in [-0.4, -0.2) is 120 Å². The topological polar surface area (TPSA) is 173 Å². The molecule has 0 bridgehead atoms. The molecule has 5 amide bonds. The highest BCUT2D eigenvalue weighted by atomic mass is 19.1. The van der Waals surface area contributed by atoms with E-state index in [4.69, 9.17) is 14.2 Å². The zero-order chi connectivity index (χ0) is 45.2. The SMILES string of the molecule is COc1cc(-c2cn(C)c(=O)c3cnc(N(C)C)cc23)cc(OC)c1CN1CCC(C(=O)N2CCC3(CC2)CC(Oc2cc4c(cc2F)C(=O)N(C2CCC(=O)NC2=O)C4=O)C3)CC1. The van der Waals surface area contributed by atoms with E-state index in [2.05, 4.69) is 15.2 Å². The quantitative estimate of drug-likeness (QED) is 0.225. The number of halogens is 1. The van der Waals surface area contributed by atoms with Gasteiger partial charge in [-0.3, -0.25) is 43.9 Å². The smallest absolute Gasteiger partial charge is 0.262 e. The van der Waals surface area contributed by atoms with Crippen LogP contribution in [0.4, 0.5) is 10.2 Å². The van der Waals surface area contributed by atoms with E-state index in [1.807, 2.05) is 48.3 Å². The van der Waals surface area contributed by atoms with Crippen LogP contribution in [0.2, 0.25) is 0 Å². The van der Waals surface area contributed by atoms with Crippen LogP contribution in [0.5, 0.6) is 17.2 Å². The number of amides is 5. The van der Waals surface area contributed by atoms with Gasteiger partial charge >= 0.3 is 0 Å². The number of aryl methyl sites for hydroxylation is 1. The fraction of sp³-hybridized carbons (Fsp3) is 0.468. The second kappa shape index (κ2) is 16.6. The molecule has 6 heterocycles. The molecule has 16 nitrogen and oxygen atoms in total. The van der Waals surface area contributed by atoms with E-state index < -0.39 is 35.5 Å². The lowest BCUT2D eigenvalue weighted by atomic mass is 9.61. The number of ether oxygens (including phenoxy) is 3. The van der Waals surface area contributed by atoms with Crippen LogP contribution in [-0.2, 0) is 28.0 Å². The number of pyridine rings is 2. The maximum absolute atomic E-state index is 15.3. The number of nitrogens with one attached hydrogen (secondary N) is 1. The summed E-state index contributed by atoms with van der Waals surface area (Å²) in [6.07, 6.45) is 7.64. The summed E-state index contributed by atoms with van der Waals surface area (Å²) in [4.78, 5) is 88.8. The first-order chi connectivity index (χ1) is 30.7. The van der Waals surface area contributed by atoms with Crippen molar-refractivity contribution >= 4 is 46.1 Å². The summed E-state index contributed by atoms with van der Waals surface area (Å²) in [7, 11) is 8.83. The van der Waals surface area contributed by atoms with Crippen molar-refractivity contribution in [3.05, 3.63) is 75.6 Å².